The van der Waals surface area contributed by atoms with Crippen LogP contribution in [0.3, 0.4) is 0 Å². The van der Waals surface area contributed by atoms with Gasteiger partial charge in [-0.2, -0.15) is 5.26 Å². The number of hydrogen-bond donors (Lipinski definition) is 0. The average Bonchev–Trinajstić information content (AvgIpc) is 2.15. The summed E-state index contributed by atoms with van der Waals surface area (Å²) in [5.41, 5.74) is 2.16. The molecule has 0 aliphatic rings. The van der Waals surface area contributed by atoms with Gasteiger partial charge in [0.1, 0.15) is 0 Å². The number of rotatable bonds is 1. The van der Waals surface area contributed by atoms with Gasteiger partial charge in [-0.05, 0) is 23.0 Å². The van der Waals surface area contributed by atoms with Crippen molar-refractivity contribution in [3.63, 3.8) is 0 Å². The Bertz CT molecular complexity index is 352. The number of hydrogen-bond acceptors (Lipinski definition) is 1. The molecule has 0 saturated heterocycles. The zero-order valence-electron chi connectivity index (χ0n) is 9.33. The lowest BCUT2D eigenvalue weighted by Gasteiger charge is -2.28. The zero-order valence-corrected chi connectivity index (χ0v) is 9.33. The van der Waals surface area contributed by atoms with Crippen LogP contribution in [-0.2, 0) is 0 Å². The molecule has 0 radical (unpaired) electrons. The first kappa shape index (κ1) is 10.8. The summed E-state index contributed by atoms with van der Waals surface area (Å²) in [5, 5.41) is 8.98. The lowest BCUT2D eigenvalue weighted by atomic mass is 9.76. The zero-order chi connectivity index (χ0) is 10.8. The SMILES string of the molecule is CC(c1ccccc1C#N)C(C)(C)C. The highest BCUT2D eigenvalue weighted by atomic mass is 14.3. The van der Waals surface area contributed by atoms with Crippen molar-refractivity contribution in [2.75, 3.05) is 0 Å². The number of nitriles is 1. The van der Waals surface area contributed by atoms with Gasteiger partial charge in [0.05, 0.1) is 11.6 Å². The molecule has 1 heteroatoms. The molecule has 1 unspecified atom stereocenters. The van der Waals surface area contributed by atoms with Crippen molar-refractivity contribution < 1.29 is 0 Å². The summed E-state index contributed by atoms with van der Waals surface area (Å²) >= 11 is 0. The molecular weight excluding hydrogens is 170 g/mol. The Labute approximate surface area is 86.4 Å². The highest BCUT2D eigenvalue weighted by Gasteiger charge is 2.23. The summed E-state index contributed by atoms with van der Waals surface area (Å²) in [6.45, 7) is 8.78. The molecule has 1 rings (SSSR count). The van der Waals surface area contributed by atoms with Gasteiger partial charge in [0.2, 0.25) is 0 Å². The molecule has 0 bridgehead atoms. The van der Waals surface area contributed by atoms with Crippen LogP contribution < -0.4 is 0 Å². The Morgan fingerprint density at radius 2 is 1.79 bits per heavy atom. The van der Waals surface area contributed by atoms with Gasteiger partial charge in [0.15, 0.2) is 0 Å². The van der Waals surface area contributed by atoms with E-state index in [-0.39, 0.29) is 5.41 Å². The van der Waals surface area contributed by atoms with Gasteiger partial charge in [0.25, 0.3) is 0 Å². The normalized spacial score (nSPS) is 13.4. The number of benzene rings is 1. The molecule has 0 heterocycles. The predicted molar refractivity (Wildman–Crippen MR) is 59.0 cm³/mol. The van der Waals surface area contributed by atoms with Crippen molar-refractivity contribution in [2.24, 2.45) is 5.41 Å². The molecule has 1 aromatic rings. The van der Waals surface area contributed by atoms with Crippen LogP contribution >= 0.6 is 0 Å². The molecule has 0 fully saturated rings. The van der Waals surface area contributed by atoms with Crippen molar-refractivity contribution in [3.8, 4) is 6.07 Å². The molecule has 0 amide bonds. The van der Waals surface area contributed by atoms with Gasteiger partial charge >= 0.3 is 0 Å². The molecule has 0 N–H and O–H groups in total. The van der Waals surface area contributed by atoms with Gasteiger partial charge in [-0.1, -0.05) is 45.9 Å². The average molecular weight is 187 g/mol. The Morgan fingerprint density at radius 3 is 2.29 bits per heavy atom. The second-order valence-corrected chi connectivity index (χ2v) is 4.79. The second-order valence-electron chi connectivity index (χ2n) is 4.79. The largest absolute Gasteiger partial charge is 0.192 e. The van der Waals surface area contributed by atoms with Gasteiger partial charge < -0.3 is 0 Å². The second kappa shape index (κ2) is 3.84. The summed E-state index contributed by atoms with van der Waals surface area (Å²) in [7, 11) is 0. The van der Waals surface area contributed by atoms with Gasteiger partial charge in [-0.25, -0.2) is 0 Å². The van der Waals surface area contributed by atoms with E-state index in [1.54, 1.807) is 0 Å². The predicted octanol–water partition coefficient (Wildman–Crippen LogP) is 3.71. The van der Waals surface area contributed by atoms with Crippen molar-refractivity contribution in [2.45, 2.75) is 33.6 Å². The lowest BCUT2D eigenvalue weighted by Crippen LogP contribution is -2.16. The van der Waals surface area contributed by atoms with E-state index in [1.807, 2.05) is 18.2 Å². The topological polar surface area (TPSA) is 23.8 Å². The maximum absolute atomic E-state index is 8.98. The monoisotopic (exact) mass is 187 g/mol. The fourth-order valence-corrected chi connectivity index (χ4v) is 1.44. The first-order valence-electron chi connectivity index (χ1n) is 4.96. The van der Waals surface area contributed by atoms with E-state index in [0.717, 1.165) is 11.1 Å². The first-order valence-corrected chi connectivity index (χ1v) is 4.96. The minimum absolute atomic E-state index is 0.201. The minimum atomic E-state index is 0.201. The Kier molecular flexibility index (Phi) is 2.96. The van der Waals surface area contributed by atoms with Crippen LogP contribution in [0.5, 0.6) is 0 Å². The third kappa shape index (κ3) is 2.14. The van der Waals surface area contributed by atoms with E-state index in [9.17, 15) is 0 Å². The molecule has 1 atom stereocenters. The third-order valence-electron chi connectivity index (χ3n) is 2.85. The smallest absolute Gasteiger partial charge is 0.0994 e. The van der Waals surface area contributed by atoms with Crippen LogP contribution in [0.2, 0.25) is 0 Å². The molecule has 14 heavy (non-hydrogen) atoms. The molecule has 0 saturated carbocycles. The van der Waals surface area contributed by atoms with E-state index in [4.69, 9.17) is 5.26 Å². The van der Waals surface area contributed by atoms with Gasteiger partial charge in [-0.3, -0.25) is 0 Å². The van der Waals surface area contributed by atoms with Crippen LogP contribution in [0, 0.1) is 16.7 Å². The van der Waals surface area contributed by atoms with Crippen molar-refractivity contribution >= 4 is 0 Å². The standard InChI is InChI=1S/C13H17N/c1-10(13(2,3)4)12-8-6-5-7-11(12)9-14/h5-8,10H,1-4H3. The molecule has 1 aromatic carbocycles. The van der Waals surface area contributed by atoms with Crippen molar-refractivity contribution in [1.29, 1.82) is 5.26 Å². The van der Waals surface area contributed by atoms with Crippen LogP contribution in [0.15, 0.2) is 24.3 Å². The van der Waals surface area contributed by atoms with Crippen LogP contribution in [0.25, 0.3) is 0 Å². The molecule has 74 valence electrons. The van der Waals surface area contributed by atoms with Crippen molar-refractivity contribution in [3.05, 3.63) is 35.4 Å². The highest BCUT2D eigenvalue weighted by Crippen LogP contribution is 2.35. The summed E-state index contributed by atoms with van der Waals surface area (Å²) in [4.78, 5) is 0. The Morgan fingerprint density at radius 1 is 1.21 bits per heavy atom. The quantitative estimate of drug-likeness (QED) is 0.657. The van der Waals surface area contributed by atoms with E-state index >= 15 is 0 Å². The summed E-state index contributed by atoms with van der Waals surface area (Å²) < 4.78 is 0. The van der Waals surface area contributed by atoms with Crippen LogP contribution in [-0.4, -0.2) is 0 Å². The third-order valence-corrected chi connectivity index (χ3v) is 2.85. The molecule has 1 nitrogen and oxygen atoms in total. The molecular formula is C13H17N. The molecule has 0 spiro atoms. The summed E-state index contributed by atoms with van der Waals surface area (Å²) in [6.07, 6.45) is 0. The summed E-state index contributed by atoms with van der Waals surface area (Å²) in [5.74, 6) is 0.401. The van der Waals surface area contributed by atoms with Gasteiger partial charge in [-0.15, -0.1) is 0 Å². The fraction of sp³-hybridized carbons (Fsp3) is 0.462. The molecule has 0 aliphatic heterocycles. The maximum atomic E-state index is 8.98. The maximum Gasteiger partial charge on any atom is 0.0994 e. The fourth-order valence-electron chi connectivity index (χ4n) is 1.44. The first-order chi connectivity index (χ1) is 6.46. The molecule has 0 aromatic heterocycles. The Hall–Kier alpha value is -1.29. The Balaban J connectivity index is 3.14. The van der Waals surface area contributed by atoms with Crippen molar-refractivity contribution in [1.82, 2.24) is 0 Å². The van der Waals surface area contributed by atoms with Crippen LogP contribution in [0.4, 0.5) is 0 Å². The van der Waals surface area contributed by atoms with Crippen LogP contribution in [0.1, 0.15) is 44.7 Å². The lowest BCUT2D eigenvalue weighted by molar-refractivity contribution is 0.339. The highest BCUT2D eigenvalue weighted by molar-refractivity contribution is 5.40. The number of nitrogens with zero attached hydrogens (tertiary/aromatic N) is 1. The van der Waals surface area contributed by atoms with Gasteiger partial charge in [0, 0.05) is 0 Å². The summed E-state index contributed by atoms with van der Waals surface area (Å²) in [6, 6.07) is 10.1. The van der Waals surface area contributed by atoms with E-state index < -0.39 is 0 Å². The van der Waals surface area contributed by atoms with E-state index in [2.05, 4.69) is 39.8 Å². The minimum Gasteiger partial charge on any atom is -0.192 e. The molecule has 0 aliphatic carbocycles. The van der Waals surface area contributed by atoms with E-state index in [0.29, 0.717) is 5.92 Å². The van der Waals surface area contributed by atoms with E-state index in [1.165, 1.54) is 0 Å².